The van der Waals surface area contributed by atoms with Gasteiger partial charge in [0.2, 0.25) is 5.91 Å². The maximum atomic E-state index is 12.0. The van der Waals surface area contributed by atoms with Crippen molar-refractivity contribution in [2.45, 2.75) is 12.1 Å². The molecule has 0 radical (unpaired) electrons. The second kappa shape index (κ2) is 3.94. The Hall–Kier alpha value is -2.11. The van der Waals surface area contributed by atoms with E-state index in [1.165, 1.54) is 12.3 Å². The minimum atomic E-state index is -4.87. The van der Waals surface area contributed by atoms with Crippen molar-refractivity contribution >= 4 is 22.3 Å². The van der Waals surface area contributed by atoms with Crippen molar-refractivity contribution in [3.63, 3.8) is 0 Å². The molecule has 0 unspecified atom stereocenters. The number of hydroxylamine groups is 2. The molecule has 2 aliphatic rings. The van der Waals surface area contributed by atoms with Crippen molar-refractivity contribution in [1.29, 1.82) is 0 Å². The summed E-state index contributed by atoms with van der Waals surface area (Å²) in [5, 5.41) is 0.479. The fourth-order valence-electron chi connectivity index (χ4n) is 2.48. The van der Waals surface area contributed by atoms with Crippen LogP contribution in [0.1, 0.15) is 23.4 Å². The first-order chi connectivity index (χ1) is 9.29. The van der Waals surface area contributed by atoms with E-state index >= 15 is 0 Å². The third kappa shape index (κ3) is 1.75. The molecule has 1 saturated heterocycles. The summed E-state index contributed by atoms with van der Waals surface area (Å²) in [5.41, 5.74) is 5.64. The highest BCUT2D eigenvalue weighted by molar-refractivity contribution is 7.80. The summed E-state index contributed by atoms with van der Waals surface area (Å²) < 4.78 is 39.7. The number of carbonyl (C=O) groups excluding carboxylic acids is 2. The van der Waals surface area contributed by atoms with Gasteiger partial charge in [-0.25, -0.2) is 4.79 Å². The normalized spacial score (nSPS) is 24.9. The van der Waals surface area contributed by atoms with Gasteiger partial charge in [-0.3, -0.25) is 9.35 Å². The predicted molar refractivity (Wildman–Crippen MR) is 60.0 cm³/mol. The first-order valence-corrected chi connectivity index (χ1v) is 6.79. The largest absolute Gasteiger partial charge is 0.466 e. The number of hydrogen-bond acceptors (Lipinski definition) is 6. The second-order valence-electron chi connectivity index (χ2n) is 4.32. The molecule has 11 heteroatoms. The van der Waals surface area contributed by atoms with Gasteiger partial charge in [-0.15, -0.1) is 4.28 Å². The number of amides is 3. The minimum absolute atomic E-state index is 0.00546. The molecule has 3 rings (SSSR count). The van der Waals surface area contributed by atoms with Crippen LogP contribution in [-0.4, -0.2) is 41.4 Å². The molecule has 0 spiro atoms. The van der Waals surface area contributed by atoms with Gasteiger partial charge in [0, 0.05) is 5.56 Å². The summed E-state index contributed by atoms with van der Waals surface area (Å²) in [6.07, 6.45) is 1.29. The molecule has 0 aliphatic carbocycles. The van der Waals surface area contributed by atoms with Gasteiger partial charge >= 0.3 is 16.4 Å². The van der Waals surface area contributed by atoms with Crippen LogP contribution in [0, 0.1) is 0 Å². The molecule has 2 bridgehead atoms. The van der Waals surface area contributed by atoms with Gasteiger partial charge in [-0.2, -0.15) is 13.5 Å². The van der Waals surface area contributed by atoms with Gasteiger partial charge in [-0.05, 0) is 6.07 Å². The third-order valence-corrected chi connectivity index (χ3v) is 3.53. The minimum Gasteiger partial charge on any atom is -0.466 e. The topological polar surface area (TPSA) is 143 Å². The molecular formula is C9H9N3O7S. The van der Waals surface area contributed by atoms with Crippen LogP contribution in [0.25, 0.3) is 0 Å². The van der Waals surface area contributed by atoms with Crippen LogP contribution < -0.4 is 5.73 Å². The highest BCUT2D eigenvalue weighted by Crippen LogP contribution is 2.44. The average molecular weight is 303 g/mol. The number of furan rings is 1. The van der Waals surface area contributed by atoms with Crippen LogP contribution in [0.2, 0.25) is 0 Å². The number of primary amides is 1. The van der Waals surface area contributed by atoms with Crippen LogP contribution in [0.3, 0.4) is 0 Å². The van der Waals surface area contributed by atoms with Crippen molar-refractivity contribution < 1.29 is 31.3 Å². The fraction of sp³-hybridized carbons (Fsp3) is 0.333. The predicted octanol–water partition coefficient (Wildman–Crippen LogP) is -0.667. The molecular weight excluding hydrogens is 294 g/mol. The maximum absolute atomic E-state index is 12.0. The molecule has 1 aromatic heterocycles. The molecule has 0 saturated carbocycles. The van der Waals surface area contributed by atoms with Crippen LogP contribution >= 0.6 is 0 Å². The van der Waals surface area contributed by atoms with Crippen LogP contribution in [0.5, 0.6) is 0 Å². The Labute approximate surface area is 112 Å². The Bertz CT molecular complexity index is 696. The summed E-state index contributed by atoms with van der Waals surface area (Å²) in [7, 11) is -4.87. The lowest BCUT2D eigenvalue weighted by Gasteiger charge is -2.26. The molecule has 0 aromatic carbocycles. The molecule has 1 fully saturated rings. The highest BCUT2D eigenvalue weighted by atomic mass is 32.3. The first-order valence-electron chi connectivity index (χ1n) is 5.43. The Balaban J connectivity index is 2.07. The van der Waals surface area contributed by atoms with Gasteiger partial charge in [0.15, 0.2) is 6.04 Å². The summed E-state index contributed by atoms with van der Waals surface area (Å²) in [4.78, 5) is 24.5. The molecule has 2 aliphatic heterocycles. The zero-order chi connectivity index (χ0) is 14.7. The van der Waals surface area contributed by atoms with E-state index < -0.39 is 34.4 Å². The van der Waals surface area contributed by atoms with Crippen molar-refractivity contribution in [2.75, 3.05) is 6.54 Å². The van der Waals surface area contributed by atoms with Gasteiger partial charge in [0.1, 0.15) is 11.8 Å². The Morgan fingerprint density at radius 3 is 2.85 bits per heavy atom. The number of carbonyl (C=O) groups is 2. The fourth-order valence-corrected chi connectivity index (χ4v) is 2.85. The van der Waals surface area contributed by atoms with Crippen LogP contribution in [0.4, 0.5) is 4.79 Å². The highest BCUT2D eigenvalue weighted by Gasteiger charge is 2.53. The summed E-state index contributed by atoms with van der Waals surface area (Å²) in [6, 6.07) is -1.37. The van der Waals surface area contributed by atoms with Crippen LogP contribution in [0.15, 0.2) is 16.7 Å². The molecule has 3 heterocycles. The zero-order valence-electron chi connectivity index (χ0n) is 9.79. The Kier molecular flexibility index (Phi) is 2.54. The molecule has 3 amide bonds. The molecule has 2 atom stereocenters. The smallest absolute Gasteiger partial charge is 0.418 e. The molecule has 1 aromatic rings. The van der Waals surface area contributed by atoms with E-state index in [2.05, 4.69) is 4.28 Å². The van der Waals surface area contributed by atoms with Gasteiger partial charge < -0.3 is 15.1 Å². The van der Waals surface area contributed by atoms with Crippen molar-refractivity contribution in [3.8, 4) is 0 Å². The number of urea groups is 1. The van der Waals surface area contributed by atoms with E-state index in [9.17, 15) is 18.0 Å². The lowest BCUT2D eigenvalue weighted by Crippen LogP contribution is -2.41. The Morgan fingerprint density at radius 1 is 1.55 bits per heavy atom. The number of nitrogens with two attached hydrogens (primary N) is 1. The zero-order valence-corrected chi connectivity index (χ0v) is 10.6. The van der Waals surface area contributed by atoms with E-state index in [4.69, 9.17) is 14.7 Å². The molecule has 3 N–H and O–H groups in total. The monoisotopic (exact) mass is 303 g/mol. The van der Waals surface area contributed by atoms with Crippen molar-refractivity contribution in [3.05, 3.63) is 23.7 Å². The summed E-state index contributed by atoms with van der Waals surface area (Å²) in [5.74, 6) is -0.662. The SMILES string of the molecule is NC(=O)[C@@H]1c2occc2[C@@H]2CN1C(=O)N2OS(=O)(=O)O. The van der Waals surface area contributed by atoms with E-state index in [1.807, 2.05) is 0 Å². The lowest BCUT2D eigenvalue weighted by molar-refractivity contribution is -0.123. The standard InChI is InChI=1S/C9H9N3O7S/c10-8(13)6-7-4(1-2-18-7)5-3-11(6)9(14)12(5)19-20(15,16)17/h1-2,5-6H,3H2,(H2,10,13)(H,15,16,17)/t5-,6-/m0/s1. The maximum Gasteiger partial charge on any atom is 0.418 e. The molecule has 10 nitrogen and oxygen atoms in total. The van der Waals surface area contributed by atoms with E-state index in [0.29, 0.717) is 10.6 Å². The van der Waals surface area contributed by atoms with Gasteiger partial charge in [0.25, 0.3) is 0 Å². The number of fused-ring (bicyclic) bond motifs is 4. The first kappa shape index (κ1) is 12.9. The second-order valence-corrected chi connectivity index (χ2v) is 5.33. The third-order valence-electron chi connectivity index (χ3n) is 3.18. The van der Waals surface area contributed by atoms with Crippen molar-refractivity contribution in [1.82, 2.24) is 9.96 Å². The summed E-state index contributed by atoms with van der Waals surface area (Å²) >= 11 is 0. The van der Waals surface area contributed by atoms with Crippen molar-refractivity contribution in [2.24, 2.45) is 5.73 Å². The van der Waals surface area contributed by atoms with Crippen LogP contribution in [-0.2, 0) is 19.5 Å². The van der Waals surface area contributed by atoms with E-state index in [-0.39, 0.29) is 12.3 Å². The van der Waals surface area contributed by atoms with Gasteiger partial charge in [-0.1, -0.05) is 0 Å². The molecule has 20 heavy (non-hydrogen) atoms. The summed E-state index contributed by atoms with van der Waals surface area (Å²) in [6.45, 7) is -0.00546. The van der Waals surface area contributed by atoms with E-state index in [0.717, 1.165) is 4.90 Å². The van der Waals surface area contributed by atoms with E-state index in [1.54, 1.807) is 0 Å². The van der Waals surface area contributed by atoms with Gasteiger partial charge in [0.05, 0.1) is 12.8 Å². The number of hydrogen-bond donors (Lipinski definition) is 2. The lowest BCUT2D eigenvalue weighted by atomic mass is 9.98. The number of rotatable bonds is 3. The number of nitrogens with zero attached hydrogens (tertiary/aromatic N) is 2. The molecule has 108 valence electrons. The quantitative estimate of drug-likeness (QED) is 0.705. The Morgan fingerprint density at radius 2 is 2.25 bits per heavy atom. The average Bonchev–Trinajstić information content (AvgIpc) is 2.88.